The number of nitrogens with zero attached hydrogens (tertiary/aromatic N) is 3. The van der Waals surface area contributed by atoms with Crippen molar-refractivity contribution >= 4 is 11.7 Å². The number of benzene rings is 2. The molecule has 2 bridgehead atoms. The molecule has 0 unspecified atom stereocenters. The molecule has 0 spiro atoms. The minimum atomic E-state index is -0.135. The second-order valence-electron chi connectivity index (χ2n) is 9.53. The van der Waals surface area contributed by atoms with Crippen molar-refractivity contribution in [1.29, 1.82) is 0 Å². The summed E-state index contributed by atoms with van der Waals surface area (Å²) in [7, 11) is 0. The van der Waals surface area contributed by atoms with Crippen LogP contribution in [0.4, 0.5) is 5.82 Å². The number of nitrogens with two attached hydrogens (primary N) is 1. The van der Waals surface area contributed by atoms with Crippen LogP contribution in [-0.2, 0) is 17.8 Å². The maximum Gasteiger partial charge on any atom is 0.251 e. The van der Waals surface area contributed by atoms with E-state index in [1.807, 2.05) is 62.1 Å². The van der Waals surface area contributed by atoms with Crippen LogP contribution in [0.5, 0.6) is 0 Å². The van der Waals surface area contributed by atoms with Crippen molar-refractivity contribution in [2.45, 2.75) is 46.1 Å². The fourth-order valence-corrected chi connectivity index (χ4v) is 5.30. The van der Waals surface area contributed by atoms with Gasteiger partial charge in [0.1, 0.15) is 18.0 Å². The minimum Gasteiger partial charge on any atom is -0.384 e. The van der Waals surface area contributed by atoms with Gasteiger partial charge in [0.05, 0.1) is 12.7 Å². The van der Waals surface area contributed by atoms with Crippen molar-refractivity contribution in [3.63, 3.8) is 0 Å². The third-order valence-corrected chi connectivity index (χ3v) is 7.01. The monoisotopic (exact) mass is 465 g/mol. The zero-order valence-corrected chi connectivity index (χ0v) is 20.0. The summed E-state index contributed by atoms with van der Waals surface area (Å²) in [6.07, 6.45) is 3.69. The number of aromatic nitrogens is 3. The lowest BCUT2D eigenvalue weighted by Gasteiger charge is -2.18. The highest BCUT2D eigenvalue weighted by atomic mass is 16.5. The smallest absolute Gasteiger partial charge is 0.251 e. The molecule has 0 aliphatic carbocycles. The van der Waals surface area contributed by atoms with Crippen LogP contribution in [0.15, 0.2) is 54.9 Å². The van der Waals surface area contributed by atoms with Crippen LogP contribution in [0.2, 0.25) is 0 Å². The molecular weight excluding hydrogens is 438 g/mol. The Morgan fingerprint density at radius 2 is 1.77 bits per heavy atom. The molecule has 0 fully saturated rings. The van der Waals surface area contributed by atoms with Crippen molar-refractivity contribution in [3.05, 3.63) is 111 Å². The van der Waals surface area contributed by atoms with Gasteiger partial charge in [0.25, 0.3) is 5.91 Å². The van der Waals surface area contributed by atoms with E-state index in [0.717, 1.165) is 40.1 Å². The van der Waals surface area contributed by atoms with E-state index in [-0.39, 0.29) is 18.1 Å². The quantitative estimate of drug-likeness (QED) is 0.459. The molecule has 0 saturated carbocycles. The predicted molar refractivity (Wildman–Crippen MR) is 133 cm³/mol. The van der Waals surface area contributed by atoms with E-state index in [1.165, 1.54) is 16.7 Å². The van der Waals surface area contributed by atoms with Crippen LogP contribution in [0.1, 0.15) is 72.8 Å². The van der Waals surface area contributed by atoms with E-state index in [2.05, 4.69) is 33.6 Å². The average Bonchev–Trinajstić information content (AvgIpc) is 3.51. The van der Waals surface area contributed by atoms with Gasteiger partial charge in [-0.15, -0.1) is 0 Å². The van der Waals surface area contributed by atoms with E-state index in [4.69, 9.17) is 10.5 Å². The summed E-state index contributed by atoms with van der Waals surface area (Å²) in [6, 6.07) is 14.2. The Bertz CT molecular complexity index is 1470. The lowest BCUT2D eigenvalue weighted by atomic mass is 9.84. The number of carbonyl (C=O) groups is 1. The Hall–Kier alpha value is -3.97. The van der Waals surface area contributed by atoms with Gasteiger partial charge in [-0.05, 0) is 83.5 Å². The van der Waals surface area contributed by atoms with E-state index in [9.17, 15) is 4.79 Å². The van der Waals surface area contributed by atoms with Gasteiger partial charge in [0.2, 0.25) is 0 Å². The maximum atomic E-state index is 13.0. The summed E-state index contributed by atoms with van der Waals surface area (Å²) in [4.78, 5) is 17.3. The highest BCUT2D eigenvalue weighted by Gasteiger charge is 2.43. The number of nitrogens with one attached hydrogen (secondary N) is 1. The van der Waals surface area contributed by atoms with Gasteiger partial charge in [-0.3, -0.25) is 9.48 Å². The zero-order chi connectivity index (χ0) is 24.3. The molecule has 7 heteroatoms. The summed E-state index contributed by atoms with van der Waals surface area (Å²) >= 11 is 0. The molecular formula is C28H27N5O2. The normalized spacial score (nSPS) is 17.3. The second kappa shape index (κ2) is 8.06. The molecule has 2 aromatic heterocycles. The molecule has 2 atom stereocenters. The number of carbonyl (C=O) groups excluding carboxylic acids is 1. The number of pyridine rings is 1. The molecule has 0 radical (unpaired) electrons. The molecule has 2 aliphatic rings. The summed E-state index contributed by atoms with van der Waals surface area (Å²) in [5.41, 5.74) is 16.3. The molecule has 4 aromatic rings. The molecule has 4 heterocycles. The SMILES string of the molecule is Cc1cnn(Cc2ccc3c(c2)[C@H]2O[C@@H]3c3cc(C(=O)NCc4c(C)cc(N)nc4C)ccc32)c1. The molecule has 35 heavy (non-hydrogen) atoms. The maximum absolute atomic E-state index is 13.0. The van der Waals surface area contributed by atoms with Crippen molar-refractivity contribution in [1.82, 2.24) is 20.1 Å². The van der Waals surface area contributed by atoms with Crippen molar-refractivity contribution in [3.8, 4) is 0 Å². The number of fused-ring (bicyclic) bond motifs is 8. The van der Waals surface area contributed by atoms with Gasteiger partial charge in [-0.25, -0.2) is 4.98 Å². The highest BCUT2D eigenvalue weighted by Crippen LogP contribution is 2.54. The number of nitrogen functional groups attached to an aromatic ring is 1. The predicted octanol–water partition coefficient (Wildman–Crippen LogP) is 4.29. The number of amides is 1. The van der Waals surface area contributed by atoms with Crippen LogP contribution in [0.25, 0.3) is 0 Å². The van der Waals surface area contributed by atoms with Crippen molar-refractivity contribution < 1.29 is 9.53 Å². The highest BCUT2D eigenvalue weighted by molar-refractivity contribution is 5.94. The number of hydrogen-bond acceptors (Lipinski definition) is 5. The standard InChI is InChI=1S/C28H27N5O2/c1-15-11-31-33(13-15)14-18-4-6-20-22(9-18)26-21-7-5-19(10-23(21)27(20)35-26)28(34)30-12-24-16(2)8-25(29)32-17(24)3/h4-11,13,26-27H,12,14H2,1-3H3,(H2,29,32)(H,30,34)/t26-,27-/m0/s1. The molecule has 1 amide bonds. The van der Waals surface area contributed by atoms with Crippen LogP contribution in [0.3, 0.4) is 0 Å². The van der Waals surface area contributed by atoms with Gasteiger partial charge in [0.15, 0.2) is 0 Å². The molecule has 2 aromatic carbocycles. The van der Waals surface area contributed by atoms with Crippen LogP contribution < -0.4 is 11.1 Å². The molecule has 2 aliphatic heterocycles. The van der Waals surface area contributed by atoms with Crippen LogP contribution >= 0.6 is 0 Å². The van der Waals surface area contributed by atoms with Crippen LogP contribution in [-0.4, -0.2) is 20.7 Å². The lowest BCUT2D eigenvalue weighted by Crippen LogP contribution is -2.24. The fraction of sp³-hybridized carbons (Fsp3) is 0.250. The van der Waals surface area contributed by atoms with Gasteiger partial charge in [0, 0.05) is 24.0 Å². The minimum absolute atomic E-state index is 0.0902. The van der Waals surface area contributed by atoms with Gasteiger partial charge in [-0.1, -0.05) is 24.3 Å². The number of hydrogen-bond donors (Lipinski definition) is 2. The summed E-state index contributed by atoms with van der Waals surface area (Å²) in [6.45, 7) is 7.07. The van der Waals surface area contributed by atoms with Gasteiger partial charge in [-0.2, -0.15) is 5.10 Å². The first kappa shape index (κ1) is 21.6. The second-order valence-corrected chi connectivity index (χ2v) is 9.53. The van der Waals surface area contributed by atoms with Crippen molar-refractivity contribution in [2.75, 3.05) is 5.73 Å². The average molecular weight is 466 g/mol. The van der Waals surface area contributed by atoms with E-state index >= 15 is 0 Å². The summed E-state index contributed by atoms with van der Waals surface area (Å²) in [5.74, 6) is 0.379. The molecule has 7 nitrogen and oxygen atoms in total. The number of aryl methyl sites for hydroxylation is 3. The van der Waals surface area contributed by atoms with Gasteiger partial charge < -0.3 is 15.8 Å². The summed E-state index contributed by atoms with van der Waals surface area (Å²) in [5, 5.41) is 7.44. The molecule has 3 N–H and O–H groups in total. The third-order valence-electron chi connectivity index (χ3n) is 7.01. The topological polar surface area (TPSA) is 95.1 Å². The number of rotatable bonds is 5. The molecule has 176 valence electrons. The lowest BCUT2D eigenvalue weighted by molar-refractivity contribution is 0.0857. The van der Waals surface area contributed by atoms with E-state index in [0.29, 0.717) is 17.9 Å². The third kappa shape index (κ3) is 3.68. The largest absolute Gasteiger partial charge is 0.384 e. The number of anilines is 1. The first-order chi connectivity index (χ1) is 16.9. The first-order valence-electron chi connectivity index (χ1n) is 11.8. The van der Waals surface area contributed by atoms with Crippen molar-refractivity contribution in [2.24, 2.45) is 0 Å². The Balaban J connectivity index is 1.21. The Morgan fingerprint density at radius 1 is 1.03 bits per heavy atom. The van der Waals surface area contributed by atoms with E-state index in [1.54, 1.807) is 0 Å². The fourth-order valence-electron chi connectivity index (χ4n) is 5.30. The first-order valence-corrected chi connectivity index (χ1v) is 11.8. The molecule has 6 rings (SSSR count). The Labute approximate surface area is 204 Å². The zero-order valence-electron chi connectivity index (χ0n) is 20.0. The Morgan fingerprint density at radius 3 is 2.49 bits per heavy atom. The Kier molecular flexibility index (Phi) is 4.96. The van der Waals surface area contributed by atoms with Crippen LogP contribution in [0, 0.1) is 20.8 Å². The number of ether oxygens (including phenoxy) is 1. The van der Waals surface area contributed by atoms with E-state index < -0.39 is 0 Å². The molecule has 0 saturated heterocycles. The summed E-state index contributed by atoms with van der Waals surface area (Å²) < 4.78 is 8.31. The van der Waals surface area contributed by atoms with Gasteiger partial charge >= 0.3 is 0 Å².